The van der Waals surface area contributed by atoms with Crippen molar-refractivity contribution in [3.05, 3.63) is 33.8 Å². The second-order valence-corrected chi connectivity index (χ2v) is 3.60. The van der Waals surface area contributed by atoms with Crippen LogP contribution in [-0.4, -0.2) is 13.1 Å². The summed E-state index contributed by atoms with van der Waals surface area (Å²) in [6, 6.07) is 5.16. The quantitative estimate of drug-likeness (QED) is 0.808. The number of nitrogens with two attached hydrogens (primary N) is 1. The fourth-order valence-electron chi connectivity index (χ4n) is 1.42. The van der Waals surface area contributed by atoms with Gasteiger partial charge in [0, 0.05) is 11.6 Å². The molecule has 84 valence electrons. The van der Waals surface area contributed by atoms with Gasteiger partial charge in [-0.05, 0) is 23.3 Å². The predicted octanol–water partition coefficient (Wildman–Crippen LogP) is 1.39. The number of carbonyl (C=O) groups is 1. The first-order chi connectivity index (χ1) is 7.62. The van der Waals surface area contributed by atoms with Crippen LogP contribution in [0.25, 0.3) is 0 Å². The van der Waals surface area contributed by atoms with Gasteiger partial charge in [-0.3, -0.25) is 4.79 Å². The Bertz CT molecular complexity index is 452. The molecule has 0 aromatic heterocycles. The lowest BCUT2D eigenvalue weighted by atomic mass is 9.99. The molecule has 0 bridgehead atoms. The second kappa shape index (κ2) is 5.50. The fraction of sp³-hybridized carbons (Fsp3) is 0.273. The first-order valence-corrected chi connectivity index (χ1v) is 4.98. The third-order valence-corrected chi connectivity index (χ3v) is 2.41. The minimum Gasteiger partial charge on any atom is -0.469 e. The lowest BCUT2D eigenvalue weighted by Crippen LogP contribution is -2.10. The van der Waals surface area contributed by atoms with Gasteiger partial charge >= 0.3 is 5.97 Å². The van der Waals surface area contributed by atoms with Crippen LogP contribution in [0, 0.1) is 11.3 Å². The Morgan fingerprint density at radius 2 is 2.31 bits per heavy atom. The van der Waals surface area contributed by atoms with E-state index in [0.29, 0.717) is 21.7 Å². The van der Waals surface area contributed by atoms with Crippen molar-refractivity contribution in [2.24, 2.45) is 5.73 Å². The molecule has 16 heavy (non-hydrogen) atoms. The maximum Gasteiger partial charge on any atom is 0.309 e. The molecular weight excluding hydrogens is 228 g/mol. The standard InChI is InChI=1S/C11H11ClN2O2/c1-16-11(15)4-7-2-9(12)3-8(5-13)10(7)6-14/h2-3H,4,6,14H2,1H3. The van der Waals surface area contributed by atoms with E-state index in [9.17, 15) is 4.79 Å². The molecule has 0 radical (unpaired) electrons. The van der Waals surface area contributed by atoms with E-state index >= 15 is 0 Å². The number of methoxy groups -OCH3 is 1. The maximum absolute atomic E-state index is 11.2. The molecule has 0 saturated carbocycles. The molecule has 0 atom stereocenters. The molecule has 0 aliphatic rings. The summed E-state index contributed by atoms with van der Waals surface area (Å²) in [6.07, 6.45) is 0.0677. The average molecular weight is 239 g/mol. The first-order valence-electron chi connectivity index (χ1n) is 4.60. The van der Waals surface area contributed by atoms with Gasteiger partial charge in [-0.25, -0.2) is 0 Å². The predicted molar refractivity (Wildman–Crippen MR) is 59.8 cm³/mol. The fourth-order valence-corrected chi connectivity index (χ4v) is 1.66. The second-order valence-electron chi connectivity index (χ2n) is 3.16. The minimum atomic E-state index is -0.388. The molecule has 1 aromatic carbocycles. The normalized spacial score (nSPS) is 9.62. The molecular formula is C11H11ClN2O2. The van der Waals surface area contributed by atoms with Crippen molar-refractivity contribution in [3.8, 4) is 6.07 Å². The van der Waals surface area contributed by atoms with Crippen molar-refractivity contribution in [1.82, 2.24) is 0 Å². The molecule has 0 amide bonds. The maximum atomic E-state index is 11.2. The van der Waals surface area contributed by atoms with Crippen LogP contribution in [0.4, 0.5) is 0 Å². The number of nitrogens with zero attached hydrogens (tertiary/aromatic N) is 1. The highest BCUT2D eigenvalue weighted by Crippen LogP contribution is 2.21. The number of halogens is 1. The zero-order chi connectivity index (χ0) is 12.1. The molecule has 0 heterocycles. The number of benzene rings is 1. The highest BCUT2D eigenvalue weighted by atomic mass is 35.5. The summed E-state index contributed by atoms with van der Waals surface area (Å²) in [6.45, 7) is 0.187. The third kappa shape index (κ3) is 2.72. The van der Waals surface area contributed by atoms with E-state index in [0.717, 1.165) is 0 Å². The van der Waals surface area contributed by atoms with Gasteiger partial charge in [-0.1, -0.05) is 11.6 Å². The molecule has 4 nitrogen and oxygen atoms in total. The molecule has 5 heteroatoms. The molecule has 2 N–H and O–H groups in total. The zero-order valence-electron chi connectivity index (χ0n) is 8.79. The van der Waals surface area contributed by atoms with Gasteiger partial charge in [0.2, 0.25) is 0 Å². The van der Waals surface area contributed by atoms with E-state index in [4.69, 9.17) is 22.6 Å². The summed E-state index contributed by atoms with van der Waals surface area (Å²) in [5, 5.41) is 9.32. The van der Waals surface area contributed by atoms with Crippen molar-refractivity contribution in [2.45, 2.75) is 13.0 Å². The van der Waals surface area contributed by atoms with Gasteiger partial charge in [-0.15, -0.1) is 0 Å². The molecule has 0 unspecified atom stereocenters. The first kappa shape index (κ1) is 12.5. The van der Waals surface area contributed by atoms with Crippen LogP contribution in [0.3, 0.4) is 0 Å². The Hall–Kier alpha value is -1.57. The lowest BCUT2D eigenvalue weighted by Gasteiger charge is -2.09. The zero-order valence-corrected chi connectivity index (χ0v) is 9.54. The third-order valence-electron chi connectivity index (χ3n) is 2.19. The highest BCUT2D eigenvalue weighted by molar-refractivity contribution is 6.30. The number of rotatable bonds is 3. The van der Waals surface area contributed by atoms with Crippen molar-refractivity contribution < 1.29 is 9.53 Å². The lowest BCUT2D eigenvalue weighted by molar-refractivity contribution is -0.139. The molecule has 1 aromatic rings. The van der Waals surface area contributed by atoms with Crippen LogP contribution in [-0.2, 0) is 22.5 Å². The van der Waals surface area contributed by atoms with Crippen molar-refractivity contribution in [2.75, 3.05) is 7.11 Å². The SMILES string of the molecule is COC(=O)Cc1cc(Cl)cc(C#N)c1CN. The Morgan fingerprint density at radius 3 is 2.81 bits per heavy atom. The number of ether oxygens (including phenoxy) is 1. The number of nitriles is 1. The largest absolute Gasteiger partial charge is 0.469 e. The molecule has 0 fully saturated rings. The van der Waals surface area contributed by atoms with Crippen LogP contribution in [0.2, 0.25) is 5.02 Å². The van der Waals surface area contributed by atoms with E-state index < -0.39 is 0 Å². The molecule has 1 rings (SSSR count). The number of hydrogen-bond donors (Lipinski definition) is 1. The summed E-state index contributed by atoms with van der Waals surface area (Å²) in [4.78, 5) is 11.2. The van der Waals surface area contributed by atoms with Crippen LogP contribution >= 0.6 is 11.6 Å². The van der Waals surface area contributed by atoms with Gasteiger partial charge in [0.15, 0.2) is 0 Å². The van der Waals surface area contributed by atoms with Crippen LogP contribution in [0.15, 0.2) is 12.1 Å². The molecule has 0 aliphatic heterocycles. The monoisotopic (exact) mass is 238 g/mol. The molecule has 0 spiro atoms. The highest BCUT2D eigenvalue weighted by Gasteiger charge is 2.12. The van der Waals surface area contributed by atoms with Crippen LogP contribution in [0.1, 0.15) is 16.7 Å². The Morgan fingerprint density at radius 1 is 1.62 bits per heavy atom. The van der Waals surface area contributed by atoms with E-state index in [1.54, 1.807) is 6.07 Å². The molecule has 0 saturated heterocycles. The Kier molecular flexibility index (Phi) is 4.29. The van der Waals surface area contributed by atoms with Crippen LogP contribution < -0.4 is 5.73 Å². The van der Waals surface area contributed by atoms with Crippen molar-refractivity contribution >= 4 is 17.6 Å². The summed E-state index contributed by atoms with van der Waals surface area (Å²) >= 11 is 5.84. The summed E-state index contributed by atoms with van der Waals surface area (Å²) < 4.78 is 4.56. The van der Waals surface area contributed by atoms with Gasteiger partial charge in [0.05, 0.1) is 25.2 Å². The van der Waals surface area contributed by atoms with E-state index in [2.05, 4.69) is 4.74 Å². The van der Waals surface area contributed by atoms with Gasteiger partial charge in [-0.2, -0.15) is 5.26 Å². The van der Waals surface area contributed by atoms with Gasteiger partial charge in [0.25, 0.3) is 0 Å². The summed E-state index contributed by atoms with van der Waals surface area (Å²) in [7, 11) is 1.31. The van der Waals surface area contributed by atoms with E-state index in [1.165, 1.54) is 13.2 Å². The topological polar surface area (TPSA) is 76.1 Å². The van der Waals surface area contributed by atoms with Crippen LogP contribution in [0.5, 0.6) is 0 Å². The molecule has 0 aliphatic carbocycles. The van der Waals surface area contributed by atoms with Crippen molar-refractivity contribution in [1.29, 1.82) is 5.26 Å². The van der Waals surface area contributed by atoms with Gasteiger partial charge in [0.1, 0.15) is 0 Å². The number of hydrogen-bond acceptors (Lipinski definition) is 4. The summed E-state index contributed by atoms with van der Waals surface area (Å²) in [5.41, 5.74) is 7.22. The van der Waals surface area contributed by atoms with E-state index in [1.807, 2.05) is 6.07 Å². The van der Waals surface area contributed by atoms with Crippen molar-refractivity contribution in [3.63, 3.8) is 0 Å². The smallest absolute Gasteiger partial charge is 0.309 e. The summed E-state index contributed by atoms with van der Waals surface area (Å²) in [5.74, 6) is -0.388. The van der Waals surface area contributed by atoms with E-state index in [-0.39, 0.29) is 18.9 Å². The Balaban J connectivity index is 3.21. The van der Waals surface area contributed by atoms with Gasteiger partial charge < -0.3 is 10.5 Å². The average Bonchev–Trinajstić information content (AvgIpc) is 2.28. The Labute approximate surface area is 98.6 Å². The number of carbonyl (C=O) groups excluding carboxylic acids is 1. The number of esters is 1. The minimum absolute atomic E-state index is 0.0677.